The molecule has 0 bridgehead atoms. The molecule has 1 aromatic carbocycles. The lowest BCUT2D eigenvalue weighted by Gasteiger charge is -2.09. The third kappa shape index (κ3) is 2.91. The van der Waals surface area contributed by atoms with E-state index in [0.717, 1.165) is 47.4 Å². The molecule has 0 atom stereocenters. The van der Waals surface area contributed by atoms with Gasteiger partial charge >= 0.3 is 0 Å². The van der Waals surface area contributed by atoms with Gasteiger partial charge in [0.15, 0.2) is 5.82 Å². The number of nitrogens with zero attached hydrogens (tertiary/aromatic N) is 2. The normalized spacial score (nSPS) is 14.1. The number of rotatable bonds is 3. The average molecular weight is 363 g/mol. The van der Waals surface area contributed by atoms with Crippen LogP contribution in [0.2, 0.25) is 0 Å². The molecular weight excluding hydrogens is 346 g/mol. The minimum absolute atomic E-state index is 0.153. The first kappa shape index (κ1) is 16.6. The number of ether oxygens (including phenoxy) is 1. The van der Waals surface area contributed by atoms with E-state index in [2.05, 4.69) is 16.0 Å². The molecular formula is C20H17N3O2S. The zero-order chi connectivity index (χ0) is 18.1. The minimum Gasteiger partial charge on any atom is -0.497 e. The van der Waals surface area contributed by atoms with E-state index in [1.54, 1.807) is 24.5 Å². The first-order chi connectivity index (χ1) is 12.7. The molecule has 1 aliphatic rings. The Morgan fingerprint density at radius 2 is 2.08 bits per heavy atom. The van der Waals surface area contributed by atoms with Gasteiger partial charge in [0, 0.05) is 4.88 Å². The molecule has 0 aliphatic heterocycles. The molecule has 1 aliphatic carbocycles. The molecule has 2 heterocycles. The van der Waals surface area contributed by atoms with Gasteiger partial charge in [0.25, 0.3) is 5.56 Å². The van der Waals surface area contributed by atoms with Crippen molar-refractivity contribution in [3.63, 3.8) is 0 Å². The number of hydrogen-bond acceptors (Lipinski definition) is 5. The zero-order valence-corrected chi connectivity index (χ0v) is 15.2. The van der Waals surface area contributed by atoms with Gasteiger partial charge in [-0.3, -0.25) is 4.79 Å². The smallest absolute Gasteiger partial charge is 0.260 e. The molecule has 0 radical (unpaired) electrons. The van der Waals surface area contributed by atoms with Crippen LogP contribution in [0.25, 0.3) is 21.9 Å². The van der Waals surface area contributed by atoms with Gasteiger partial charge in [-0.2, -0.15) is 5.26 Å². The molecule has 26 heavy (non-hydrogen) atoms. The lowest BCUT2D eigenvalue weighted by Crippen LogP contribution is -2.12. The van der Waals surface area contributed by atoms with Crippen LogP contribution in [0.1, 0.15) is 34.7 Å². The number of fused-ring (bicyclic) bond motifs is 3. The fourth-order valence-electron chi connectivity index (χ4n) is 3.31. The standard InChI is InChI=1S/C20H17N3O2S/c1-25-14-8-6-12(7-9-14)10-13(11-21)18-22-19(24)17-15-4-2-3-5-16(15)26-20(17)23-18/h6-10H,2-5H2,1H3,(H,22,23,24)/b13-10+. The van der Waals surface area contributed by atoms with Crippen molar-refractivity contribution in [3.05, 3.63) is 56.4 Å². The Morgan fingerprint density at radius 1 is 1.31 bits per heavy atom. The molecule has 130 valence electrons. The second-order valence-electron chi connectivity index (χ2n) is 6.25. The maximum atomic E-state index is 12.6. The highest BCUT2D eigenvalue weighted by atomic mass is 32.1. The van der Waals surface area contributed by atoms with Crippen LogP contribution in [-0.2, 0) is 12.8 Å². The van der Waals surface area contributed by atoms with E-state index in [1.165, 1.54) is 4.88 Å². The summed E-state index contributed by atoms with van der Waals surface area (Å²) in [6.07, 6.45) is 5.94. The SMILES string of the molecule is COc1ccc(/C=C(\C#N)c2nc3sc4c(c3c(=O)[nH]2)CCCC4)cc1. The van der Waals surface area contributed by atoms with Crippen LogP contribution in [-0.4, -0.2) is 17.1 Å². The van der Waals surface area contributed by atoms with Crippen LogP contribution in [0, 0.1) is 11.3 Å². The average Bonchev–Trinajstić information content (AvgIpc) is 3.05. The number of H-pyrrole nitrogens is 1. The first-order valence-electron chi connectivity index (χ1n) is 8.50. The highest BCUT2D eigenvalue weighted by Gasteiger charge is 2.20. The van der Waals surface area contributed by atoms with Crippen LogP contribution < -0.4 is 10.3 Å². The summed E-state index contributed by atoms with van der Waals surface area (Å²) < 4.78 is 5.14. The molecule has 2 aromatic heterocycles. The van der Waals surface area contributed by atoms with Crippen LogP contribution >= 0.6 is 11.3 Å². The number of aromatic amines is 1. The summed E-state index contributed by atoms with van der Waals surface area (Å²) in [5.74, 6) is 1.07. The zero-order valence-electron chi connectivity index (χ0n) is 14.3. The summed E-state index contributed by atoms with van der Waals surface area (Å²) in [5, 5.41) is 10.3. The summed E-state index contributed by atoms with van der Waals surface area (Å²) in [7, 11) is 1.61. The van der Waals surface area contributed by atoms with Crippen LogP contribution in [0.4, 0.5) is 0 Å². The highest BCUT2D eigenvalue weighted by Crippen LogP contribution is 2.34. The maximum absolute atomic E-state index is 12.6. The van der Waals surface area contributed by atoms with Crippen molar-refractivity contribution in [1.29, 1.82) is 5.26 Å². The molecule has 0 amide bonds. The second kappa shape index (κ2) is 6.77. The summed E-state index contributed by atoms with van der Waals surface area (Å²) >= 11 is 1.58. The number of methoxy groups -OCH3 is 1. The van der Waals surface area contributed by atoms with E-state index in [1.807, 2.05) is 24.3 Å². The number of aromatic nitrogens is 2. The Hall–Kier alpha value is -2.91. The number of hydrogen-bond donors (Lipinski definition) is 1. The largest absolute Gasteiger partial charge is 0.497 e. The predicted molar refractivity (Wildman–Crippen MR) is 103 cm³/mol. The molecule has 6 heteroatoms. The van der Waals surface area contributed by atoms with Crippen molar-refractivity contribution >= 4 is 33.2 Å². The number of benzene rings is 1. The quantitative estimate of drug-likeness (QED) is 0.715. The summed E-state index contributed by atoms with van der Waals surface area (Å²) in [6.45, 7) is 0. The van der Waals surface area contributed by atoms with Gasteiger partial charge in [0.05, 0.1) is 18.1 Å². The Morgan fingerprint density at radius 3 is 2.81 bits per heavy atom. The molecule has 0 saturated carbocycles. The van der Waals surface area contributed by atoms with E-state index >= 15 is 0 Å². The van der Waals surface area contributed by atoms with Crippen molar-refractivity contribution in [3.8, 4) is 11.8 Å². The van der Waals surface area contributed by atoms with E-state index in [4.69, 9.17) is 4.74 Å². The third-order valence-corrected chi connectivity index (χ3v) is 5.81. The molecule has 4 rings (SSSR count). The van der Waals surface area contributed by atoms with Gasteiger partial charge in [-0.1, -0.05) is 12.1 Å². The fourth-order valence-corrected chi connectivity index (χ4v) is 4.57. The van der Waals surface area contributed by atoms with Crippen molar-refractivity contribution in [2.75, 3.05) is 7.11 Å². The topological polar surface area (TPSA) is 78.8 Å². The Kier molecular flexibility index (Phi) is 4.31. The summed E-state index contributed by atoms with van der Waals surface area (Å²) in [5.41, 5.74) is 2.17. The number of nitrogens with one attached hydrogen (secondary N) is 1. The third-order valence-electron chi connectivity index (χ3n) is 4.63. The van der Waals surface area contributed by atoms with E-state index in [9.17, 15) is 10.1 Å². The molecule has 1 N–H and O–H groups in total. The van der Waals surface area contributed by atoms with Crippen molar-refractivity contribution in [1.82, 2.24) is 9.97 Å². The molecule has 5 nitrogen and oxygen atoms in total. The van der Waals surface area contributed by atoms with Gasteiger partial charge in [-0.25, -0.2) is 4.98 Å². The molecule has 0 saturated heterocycles. The van der Waals surface area contributed by atoms with Gasteiger partial charge in [-0.05, 0) is 55.0 Å². The van der Waals surface area contributed by atoms with Crippen molar-refractivity contribution in [2.45, 2.75) is 25.7 Å². The van der Waals surface area contributed by atoms with E-state index in [-0.39, 0.29) is 5.56 Å². The van der Waals surface area contributed by atoms with Crippen molar-refractivity contribution < 1.29 is 4.74 Å². The van der Waals surface area contributed by atoms with Crippen molar-refractivity contribution in [2.24, 2.45) is 0 Å². The minimum atomic E-state index is -0.153. The molecule has 0 unspecified atom stereocenters. The van der Waals surface area contributed by atoms with Crippen LogP contribution in [0.5, 0.6) is 5.75 Å². The predicted octanol–water partition coefficient (Wildman–Crippen LogP) is 3.94. The number of allylic oxidation sites excluding steroid dienone is 1. The summed E-state index contributed by atoms with van der Waals surface area (Å²) in [6, 6.07) is 9.52. The summed E-state index contributed by atoms with van der Waals surface area (Å²) in [4.78, 5) is 22.0. The van der Waals surface area contributed by atoms with Gasteiger partial charge in [-0.15, -0.1) is 11.3 Å². The number of aryl methyl sites for hydroxylation is 2. The molecule has 0 spiro atoms. The van der Waals surface area contributed by atoms with Crippen LogP contribution in [0.15, 0.2) is 29.1 Å². The lowest BCUT2D eigenvalue weighted by molar-refractivity contribution is 0.415. The number of thiophene rings is 1. The Bertz CT molecular complexity index is 1100. The molecule has 0 fully saturated rings. The fraction of sp³-hybridized carbons (Fsp3) is 0.250. The van der Waals surface area contributed by atoms with Crippen LogP contribution in [0.3, 0.4) is 0 Å². The maximum Gasteiger partial charge on any atom is 0.260 e. The van der Waals surface area contributed by atoms with Gasteiger partial charge in [0.1, 0.15) is 16.6 Å². The Labute approximate surface area is 154 Å². The van der Waals surface area contributed by atoms with Gasteiger partial charge < -0.3 is 9.72 Å². The lowest BCUT2D eigenvalue weighted by atomic mass is 9.97. The van der Waals surface area contributed by atoms with E-state index < -0.39 is 0 Å². The Balaban J connectivity index is 1.80. The van der Waals surface area contributed by atoms with E-state index in [0.29, 0.717) is 16.8 Å². The first-order valence-corrected chi connectivity index (χ1v) is 9.32. The molecule has 3 aromatic rings. The monoisotopic (exact) mass is 363 g/mol. The number of nitriles is 1. The van der Waals surface area contributed by atoms with Gasteiger partial charge in [0.2, 0.25) is 0 Å². The second-order valence-corrected chi connectivity index (χ2v) is 7.33. The highest BCUT2D eigenvalue weighted by molar-refractivity contribution is 7.18.